The molecule has 9 rings (SSSR count). The molecule has 2 heterocycles. The molecule has 0 unspecified atom stereocenters. The summed E-state index contributed by atoms with van der Waals surface area (Å²) >= 11 is 0. The van der Waals surface area contributed by atoms with Crippen LogP contribution in [-0.2, 0) is 28.0 Å². The predicted molar refractivity (Wildman–Crippen MR) is 140 cm³/mol. The summed E-state index contributed by atoms with van der Waals surface area (Å²) < 4.78 is 19.9. The molecule has 2 spiro atoms. The summed E-state index contributed by atoms with van der Waals surface area (Å²) in [6.07, 6.45) is 8.82. The summed E-state index contributed by atoms with van der Waals surface area (Å²) in [5.41, 5.74) is 3.73. The van der Waals surface area contributed by atoms with Gasteiger partial charge in [-0.2, -0.15) is 0 Å². The standard InChI is InChI=1S/C32H35NO4/c1-20(34)24-17-30-12-13-32(24,35-2)29-31(30)14-15-33(18-21-8-9-21)26(30)16-23-10-11-25(28(37-29)27(23)31)36-19-22-6-4-3-5-7-22/h3-7,10-11,17,21,26,29H,8-9,12-16,18-19H2,1-2H3/t26-,29-,30+,31+,32+/m1/s1. The lowest BCUT2D eigenvalue weighted by Gasteiger charge is -2.70. The molecule has 0 N–H and O–H groups in total. The lowest BCUT2D eigenvalue weighted by atomic mass is 9.37. The van der Waals surface area contributed by atoms with Crippen molar-refractivity contribution in [3.05, 3.63) is 70.8 Å². The highest BCUT2D eigenvalue weighted by atomic mass is 16.6. The summed E-state index contributed by atoms with van der Waals surface area (Å²) in [5, 5.41) is 0. The average Bonchev–Trinajstić information content (AvgIpc) is 3.66. The third kappa shape index (κ3) is 2.70. The Bertz CT molecular complexity index is 1330. The number of ketones is 1. The first-order chi connectivity index (χ1) is 18.0. The fourth-order valence-electron chi connectivity index (χ4n) is 9.09. The molecule has 1 saturated heterocycles. The van der Waals surface area contributed by atoms with Gasteiger partial charge in [-0.1, -0.05) is 42.5 Å². The van der Waals surface area contributed by atoms with Gasteiger partial charge >= 0.3 is 0 Å². The van der Waals surface area contributed by atoms with Crippen LogP contribution < -0.4 is 9.47 Å². The first-order valence-electron chi connectivity index (χ1n) is 14.1. The van der Waals surface area contributed by atoms with Crippen LogP contribution in [0.15, 0.2) is 54.1 Å². The number of piperidine rings is 1. The number of carbonyl (C=O) groups excluding carboxylic acids is 1. The number of hydrogen-bond acceptors (Lipinski definition) is 5. The Balaban J connectivity index is 1.31. The van der Waals surface area contributed by atoms with Gasteiger partial charge in [-0.25, -0.2) is 0 Å². The number of fused-ring (bicyclic) bond motifs is 1. The maximum Gasteiger partial charge on any atom is 0.166 e. The van der Waals surface area contributed by atoms with Crippen molar-refractivity contribution in [2.24, 2.45) is 11.3 Å². The van der Waals surface area contributed by atoms with E-state index in [2.05, 4.69) is 35.2 Å². The van der Waals surface area contributed by atoms with E-state index in [0.717, 1.165) is 60.8 Å². The minimum absolute atomic E-state index is 0.109. The third-order valence-corrected chi connectivity index (χ3v) is 10.8. The molecule has 3 fully saturated rings. The molecule has 5 atom stereocenters. The number of likely N-dealkylation sites (tertiary alicyclic amines) is 1. The maximum atomic E-state index is 13.2. The van der Waals surface area contributed by atoms with E-state index in [0.29, 0.717) is 12.6 Å². The van der Waals surface area contributed by atoms with Crippen molar-refractivity contribution in [2.45, 2.75) is 75.2 Å². The molecule has 4 bridgehead atoms. The van der Waals surface area contributed by atoms with Crippen molar-refractivity contribution in [3.63, 3.8) is 0 Å². The molecule has 192 valence electrons. The minimum atomic E-state index is -0.707. The molecule has 5 heteroatoms. The normalized spacial score (nSPS) is 36.5. The summed E-state index contributed by atoms with van der Waals surface area (Å²) in [7, 11) is 1.77. The van der Waals surface area contributed by atoms with Crippen LogP contribution in [0.25, 0.3) is 0 Å². The van der Waals surface area contributed by atoms with E-state index in [1.165, 1.54) is 30.5 Å². The highest BCUT2D eigenvalue weighted by molar-refractivity contribution is 5.97. The number of rotatable bonds is 7. The average molecular weight is 498 g/mol. The van der Waals surface area contributed by atoms with Crippen LogP contribution in [0, 0.1) is 11.3 Å². The van der Waals surface area contributed by atoms with Crippen LogP contribution in [0.4, 0.5) is 0 Å². The molecular formula is C32H35NO4. The summed E-state index contributed by atoms with van der Waals surface area (Å²) in [6, 6.07) is 15.1. The summed E-state index contributed by atoms with van der Waals surface area (Å²) in [6.45, 7) is 4.48. The van der Waals surface area contributed by atoms with Crippen LogP contribution in [0.3, 0.4) is 0 Å². The highest BCUT2D eigenvalue weighted by Gasteiger charge is 2.79. The highest BCUT2D eigenvalue weighted by Crippen LogP contribution is 2.75. The molecule has 5 aliphatic carbocycles. The zero-order valence-corrected chi connectivity index (χ0v) is 21.8. The molecular weight excluding hydrogens is 462 g/mol. The molecule has 5 nitrogen and oxygen atoms in total. The van der Waals surface area contributed by atoms with Gasteiger partial charge in [0.15, 0.2) is 17.3 Å². The van der Waals surface area contributed by atoms with Gasteiger partial charge in [-0.15, -0.1) is 0 Å². The van der Waals surface area contributed by atoms with E-state index >= 15 is 0 Å². The van der Waals surface area contributed by atoms with E-state index in [-0.39, 0.29) is 22.7 Å². The van der Waals surface area contributed by atoms with Gasteiger partial charge in [-0.3, -0.25) is 9.69 Å². The molecule has 2 aromatic rings. The van der Waals surface area contributed by atoms with Crippen molar-refractivity contribution in [1.29, 1.82) is 0 Å². The predicted octanol–water partition coefficient (Wildman–Crippen LogP) is 5.00. The van der Waals surface area contributed by atoms with E-state index in [1.807, 2.05) is 18.2 Å². The van der Waals surface area contributed by atoms with Crippen LogP contribution in [0.2, 0.25) is 0 Å². The molecule has 2 aliphatic heterocycles. The van der Waals surface area contributed by atoms with Crippen molar-refractivity contribution >= 4 is 5.78 Å². The summed E-state index contributed by atoms with van der Waals surface area (Å²) in [4.78, 5) is 15.9. The monoisotopic (exact) mass is 497 g/mol. The van der Waals surface area contributed by atoms with Crippen molar-refractivity contribution < 1.29 is 19.0 Å². The number of ether oxygens (including phenoxy) is 3. The number of carbonyl (C=O) groups is 1. The smallest absolute Gasteiger partial charge is 0.166 e. The van der Waals surface area contributed by atoms with Gasteiger partial charge in [0.2, 0.25) is 0 Å². The second-order valence-corrected chi connectivity index (χ2v) is 12.3. The largest absolute Gasteiger partial charge is 0.485 e. The first kappa shape index (κ1) is 22.4. The lowest BCUT2D eigenvalue weighted by molar-refractivity contribution is -0.196. The van der Waals surface area contributed by atoms with Gasteiger partial charge in [0, 0.05) is 36.2 Å². The quantitative estimate of drug-likeness (QED) is 0.539. The van der Waals surface area contributed by atoms with Gasteiger partial charge in [0.1, 0.15) is 18.3 Å². The number of hydrogen-bond donors (Lipinski definition) is 0. The van der Waals surface area contributed by atoms with Gasteiger partial charge in [-0.05, 0) is 75.1 Å². The Morgan fingerprint density at radius 1 is 1.11 bits per heavy atom. The lowest BCUT2D eigenvalue weighted by Crippen LogP contribution is -2.78. The van der Waals surface area contributed by atoms with Crippen molar-refractivity contribution in [2.75, 3.05) is 20.2 Å². The van der Waals surface area contributed by atoms with Gasteiger partial charge in [0.25, 0.3) is 0 Å². The summed E-state index contributed by atoms with van der Waals surface area (Å²) in [5.74, 6) is 2.68. The number of Topliss-reactive ketones (excluding diaryl/α,β-unsaturated/α-hetero) is 1. The van der Waals surface area contributed by atoms with Gasteiger partial charge in [0.05, 0.1) is 5.41 Å². The number of methoxy groups -OCH3 is 1. The fraction of sp³-hybridized carbons (Fsp3) is 0.531. The molecule has 0 amide bonds. The zero-order valence-electron chi connectivity index (χ0n) is 21.8. The second kappa shape index (κ2) is 7.48. The Kier molecular flexibility index (Phi) is 4.52. The molecule has 2 saturated carbocycles. The Labute approximate surface area is 218 Å². The Morgan fingerprint density at radius 2 is 1.95 bits per heavy atom. The van der Waals surface area contributed by atoms with Crippen LogP contribution >= 0.6 is 0 Å². The van der Waals surface area contributed by atoms with Crippen LogP contribution in [-0.4, -0.2) is 48.6 Å². The molecule has 7 aliphatic rings. The van der Waals surface area contributed by atoms with Gasteiger partial charge < -0.3 is 14.2 Å². The minimum Gasteiger partial charge on any atom is -0.485 e. The molecule has 0 aromatic heterocycles. The van der Waals surface area contributed by atoms with E-state index in [4.69, 9.17) is 14.2 Å². The van der Waals surface area contributed by atoms with E-state index < -0.39 is 5.60 Å². The molecule has 2 aromatic carbocycles. The Hall–Kier alpha value is -2.63. The maximum absolute atomic E-state index is 13.2. The number of benzene rings is 2. The topological polar surface area (TPSA) is 48.0 Å². The van der Waals surface area contributed by atoms with Crippen molar-refractivity contribution in [1.82, 2.24) is 4.90 Å². The number of nitrogens with zero attached hydrogens (tertiary/aromatic N) is 1. The van der Waals surface area contributed by atoms with Crippen LogP contribution in [0.5, 0.6) is 11.5 Å². The Morgan fingerprint density at radius 3 is 2.70 bits per heavy atom. The SMILES string of the molecule is CO[C@@]12CC[C@]3(C=C1C(C)=O)[C@H]1Cc4ccc(OCc5ccccc5)c5c4[C@@]3(CCN1CC1CC1)[C@H]2O5. The molecule has 0 radical (unpaired) electrons. The van der Waals surface area contributed by atoms with E-state index in [1.54, 1.807) is 14.0 Å². The zero-order chi connectivity index (χ0) is 25.0. The fourth-order valence-corrected chi connectivity index (χ4v) is 9.09. The first-order valence-corrected chi connectivity index (χ1v) is 14.1. The van der Waals surface area contributed by atoms with Crippen LogP contribution in [0.1, 0.15) is 55.7 Å². The van der Waals surface area contributed by atoms with Crippen molar-refractivity contribution in [3.8, 4) is 11.5 Å². The molecule has 37 heavy (non-hydrogen) atoms. The third-order valence-electron chi connectivity index (χ3n) is 10.8. The van der Waals surface area contributed by atoms with E-state index in [9.17, 15) is 4.79 Å². The second-order valence-electron chi connectivity index (χ2n) is 12.3.